The summed E-state index contributed by atoms with van der Waals surface area (Å²) in [5.74, 6) is 0.910. The van der Waals surface area contributed by atoms with Crippen LogP contribution < -0.4 is 4.90 Å². The molecule has 1 fully saturated rings. The van der Waals surface area contributed by atoms with E-state index in [-0.39, 0.29) is 5.91 Å². The molecule has 0 unspecified atom stereocenters. The van der Waals surface area contributed by atoms with Gasteiger partial charge < -0.3 is 14.7 Å². The number of pyridine rings is 1. The highest BCUT2D eigenvalue weighted by atomic mass is 35.5. The molecule has 30 heavy (non-hydrogen) atoms. The molecule has 1 aliphatic rings. The van der Waals surface area contributed by atoms with Crippen LogP contribution in [0.4, 0.5) is 5.82 Å². The van der Waals surface area contributed by atoms with Crippen LogP contribution in [0, 0.1) is 0 Å². The van der Waals surface area contributed by atoms with Gasteiger partial charge in [-0.2, -0.15) is 5.10 Å². The molecule has 2 aromatic heterocycles. The predicted octanol–water partition coefficient (Wildman–Crippen LogP) is 2.94. The lowest BCUT2D eigenvalue weighted by molar-refractivity contribution is 0.0740. The van der Waals surface area contributed by atoms with Crippen LogP contribution in [-0.4, -0.2) is 70.7 Å². The van der Waals surface area contributed by atoms with Gasteiger partial charge in [0.25, 0.3) is 5.91 Å². The van der Waals surface area contributed by atoms with Crippen molar-refractivity contribution in [3.63, 3.8) is 0 Å². The largest absolute Gasteiger partial charge is 0.353 e. The summed E-state index contributed by atoms with van der Waals surface area (Å²) in [6.07, 6.45) is 3.72. The first-order valence-corrected chi connectivity index (χ1v) is 10.3. The molecule has 1 aliphatic heterocycles. The number of piperazine rings is 1. The number of anilines is 1. The molecule has 1 aromatic carbocycles. The predicted molar refractivity (Wildman–Crippen MR) is 118 cm³/mol. The first-order valence-electron chi connectivity index (χ1n) is 9.95. The Morgan fingerprint density at radius 3 is 2.40 bits per heavy atom. The summed E-state index contributed by atoms with van der Waals surface area (Å²) >= 11 is 5.94. The van der Waals surface area contributed by atoms with E-state index in [1.54, 1.807) is 29.1 Å². The zero-order chi connectivity index (χ0) is 21.1. The Balaban J connectivity index is 1.36. The van der Waals surface area contributed by atoms with Gasteiger partial charge in [0.1, 0.15) is 5.82 Å². The third kappa shape index (κ3) is 4.63. The van der Waals surface area contributed by atoms with Crippen molar-refractivity contribution in [3.8, 4) is 5.69 Å². The van der Waals surface area contributed by atoms with Gasteiger partial charge in [-0.05, 0) is 56.1 Å². The number of nitrogens with zero attached hydrogens (tertiary/aromatic N) is 6. The lowest BCUT2D eigenvalue weighted by atomic mass is 10.2. The number of halogens is 1. The molecule has 0 spiro atoms. The van der Waals surface area contributed by atoms with Crippen molar-refractivity contribution in [3.05, 3.63) is 71.1 Å². The molecule has 3 heterocycles. The first kappa shape index (κ1) is 20.4. The molecule has 4 rings (SSSR count). The second-order valence-corrected chi connectivity index (χ2v) is 8.10. The fourth-order valence-corrected chi connectivity index (χ4v) is 3.66. The number of amides is 1. The smallest absolute Gasteiger partial charge is 0.274 e. The van der Waals surface area contributed by atoms with Gasteiger partial charge in [0.05, 0.1) is 5.69 Å². The fourth-order valence-electron chi connectivity index (χ4n) is 3.54. The highest BCUT2D eigenvalue weighted by Gasteiger charge is 2.24. The molecule has 0 N–H and O–H groups in total. The van der Waals surface area contributed by atoms with Gasteiger partial charge >= 0.3 is 0 Å². The monoisotopic (exact) mass is 424 g/mol. The van der Waals surface area contributed by atoms with Crippen molar-refractivity contribution in [2.75, 3.05) is 45.2 Å². The number of benzene rings is 1. The third-order valence-corrected chi connectivity index (χ3v) is 5.35. The van der Waals surface area contributed by atoms with Crippen LogP contribution >= 0.6 is 11.6 Å². The summed E-state index contributed by atoms with van der Waals surface area (Å²) < 4.78 is 1.69. The summed E-state index contributed by atoms with van der Waals surface area (Å²) in [6.45, 7) is 3.67. The Labute approximate surface area is 181 Å². The zero-order valence-corrected chi connectivity index (χ0v) is 18.0. The van der Waals surface area contributed by atoms with Crippen LogP contribution in [0.1, 0.15) is 16.1 Å². The second-order valence-electron chi connectivity index (χ2n) is 7.66. The molecule has 1 saturated heterocycles. The van der Waals surface area contributed by atoms with Crippen LogP contribution in [0.25, 0.3) is 5.69 Å². The van der Waals surface area contributed by atoms with Gasteiger partial charge in [-0.25, -0.2) is 9.67 Å². The molecule has 3 aromatic rings. The molecule has 0 atom stereocenters. The lowest BCUT2D eigenvalue weighted by Crippen LogP contribution is -2.49. The number of carbonyl (C=O) groups excluding carboxylic acids is 1. The molecular weight excluding hydrogens is 400 g/mol. The third-order valence-electron chi connectivity index (χ3n) is 5.10. The number of rotatable bonds is 5. The summed E-state index contributed by atoms with van der Waals surface area (Å²) in [5.41, 5.74) is 2.51. The van der Waals surface area contributed by atoms with Gasteiger partial charge in [0.2, 0.25) is 0 Å². The van der Waals surface area contributed by atoms with Gasteiger partial charge in [0.15, 0.2) is 5.69 Å². The maximum Gasteiger partial charge on any atom is 0.274 e. The maximum atomic E-state index is 12.9. The van der Waals surface area contributed by atoms with Crippen molar-refractivity contribution in [1.82, 2.24) is 24.6 Å². The molecule has 8 heteroatoms. The van der Waals surface area contributed by atoms with Crippen LogP contribution in [-0.2, 0) is 6.54 Å². The van der Waals surface area contributed by atoms with Gasteiger partial charge in [-0.15, -0.1) is 0 Å². The minimum absolute atomic E-state index is 0.0448. The lowest BCUT2D eigenvalue weighted by Gasteiger charge is -2.35. The SMILES string of the molecule is CN(C)Cc1ccc(N2CCN(C(=O)c3ccn(-c4ccc(Cl)cc4)n3)CC2)nc1. The summed E-state index contributed by atoms with van der Waals surface area (Å²) in [5, 5.41) is 5.12. The minimum atomic E-state index is -0.0448. The quantitative estimate of drug-likeness (QED) is 0.630. The maximum absolute atomic E-state index is 12.9. The van der Waals surface area contributed by atoms with Crippen molar-refractivity contribution in [2.45, 2.75) is 6.54 Å². The molecule has 7 nitrogen and oxygen atoms in total. The van der Waals surface area contributed by atoms with Crippen LogP contribution in [0.15, 0.2) is 54.9 Å². The van der Waals surface area contributed by atoms with Crippen molar-refractivity contribution in [2.24, 2.45) is 0 Å². The van der Waals surface area contributed by atoms with E-state index in [0.29, 0.717) is 23.8 Å². The fraction of sp³-hybridized carbons (Fsp3) is 0.318. The van der Waals surface area contributed by atoms with E-state index in [1.807, 2.05) is 37.3 Å². The van der Waals surface area contributed by atoms with E-state index in [2.05, 4.69) is 32.0 Å². The zero-order valence-electron chi connectivity index (χ0n) is 17.2. The number of carbonyl (C=O) groups is 1. The Bertz CT molecular complexity index is 991. The Kier molecular flexibility index (Phi) is 6.01. The summed E-state index contributed by atoms with van der Waals surface area (Å²) in [7, 11) is 4.09. The molecule has 0 radical (unpaired) electrons. The average Bonchev–Trinajstić information content (AvgIpc) is 3.24. The van der Waals surface area contributed by atoms with E-state index < -0.39 is 0 Å². The van der Waals surface area contributed by atoms with Crippen molar-refractivity contribution in [1.29, 1.82) is 0 Å². The van der Waals surface area contributed by atoms with Crippen LogP contribution in [0.2, 0.25) is 5.02 Å². The standard InChI is InChI=1S/C22H25ClN6O/c1-26(2)16-17-3-8-21(24-15-17)27-11-13-28(14-12-27)22(30)20-9-10-29(25-20)19-6-4-18(23)5-7-19/h3-10,15H,11-14,16H2,1-2H3. The van der Waals surface area contributed by atoms with E-state index in [4.69, 9.17) is 11.6 Å². The Morgan fingerprint density at radius 1 is 1.03 bits per heavy atom. The number of hydrogen-bond acceptors (Lipinski definition) is 5. The van der Waals surface area contributed by atoms with Crippen molar-refractivity contribution >= 4 is 23.3 Å². The normalized spacial score (nSPS) is 14.4. The van der Waals surface area contributed by atoms with Gasteiger partial charge in [-0.3, -0.25) is 4.79 Å². The van der Waals surface area contributed by atoms with Gasteiger partial charge in [-0.1, -0.05) is 17.7 Å². The molecule has 1 amide bonds. The van der Waals surface area contributed by atoms with Gasteiger partial charge in [0, 0.05) is 50.1 Å². The van der Waals surface area contributed by atoms with E-state index >= 15 is 0 Å². The van der Waals surface area contributed by atoms with Crippen LogP contribution in [0.5, 0.6) is 0 Å². The highest BCUT2D eigenvalue weighted by molar-refractivity contribution is 6.30. The van der Waals surface area contributed by atoms with Crippen LogP contribution in [0.3, 0.4) is 0 Å². The molecular formula is C22H25ClN6O. The Morgan fingerprint density at radius 2 is 1.77 bits per heavy atom. The first-order chi connectivity index (χ1) is 14.5. The van der Waals surface area contributed by atoms with E-state index in [9.17, 15) is 4.79 Å². The molecule has 0 bridgehead atoms. The highest BCUT2D eigenvalue weighted by Crippen LogP contribution is 2.17. The second kappa shape index (κ2) is 8.85. The summed E-state index contributed by atoms with van der Waals surface area (Å²) in [6, 6.07) is 13.3. The number of aromatic nitrogens is 3. The van der Waals surface area contributed by atoms with Crippen molar-refractivity contribution < 1.29 is 4.79 Å². The number of hydrogen-bond donors (Lipinski definition) is 0. The molecule has 0 saturated carbocycles. The topological polar surface area (TPSA) is 57.5 Å². The average molecular weight is 425 g/mol. The Hall–Kier alpha value is -2.90. The summed E-state index contributed by atoms with van der Waals surface area (Å²) in [4.78, 5) is 23.7. The minimum Gasteiger partial charge on any atom is -0.353 e. The van der Waals surface area contributed by atoms with E-state index in [1.165, 1.54) is 5.56 Å². The molecule has 0 aliphatic carbocycles. The van der Waals surface area contributed by atoms with E-state index in [0.717, 1.165) is 31.1 Å². The molecule has 156 valence electrons.